The summed E-state index contributed by atoms with van der Waals surface area (Å²) in [5.74, 6) is 0.511. The predicted molar refractivity (Wildman–Crippen MR) is 69.0 cm³/mol. The van der Waals surface area contributed by atoms with E-state index in [1.807, 2.05) is 13.0 Å². The molecule has 1 aliphatic carbocycles. The van der Waals surface area contributed by atoms with Crippen LogP contribution in [0.1, 0.15) is 55.5 Å². The zero-order chi connectivity index (χ0) is 12.5. The van der Waals surface area contributed by atoms with Crippen molar-refractivity contribution in [2.45, 2.75) is 46.5 Å². The van der Waals surface area contributed by atoms with E-state index in [1.54, 1.807) is 12.4 Å². The molecular formula is C15H21NO. The minimum Gasteiger partial charge on any atom is -0.294 e. The number of hydrogen-bond donors (Lipinski definition) is 0. The second-order valence-corrected chi connectivity index (χ2v) is 5.99. The average molecular weight is 231 g/mol. The molecule has 0 bridgehead atoms. The molecule has 1 aromatic rings. The fraction of sp³-hybridized carbons (Fsp3) is 0.600. The number of aromatic nitrogens is 1. The topological polar surface area (TPSA) is 30.0 Å². The highest BCUT2D eigenvalue weighted by atomic mass is 16.1. The quantitative estimate of drug-likeness (QED) is 0.725. The molecule has 1 fully saturated rings. The number of carbonyl (C=O) groups is 1. The Morgan fingerprint density at radius 2 is 2.00 bits per heavy atom. The Balaban J connectivity index is 2.10. The number of pyridine rings is 1. The van der Waals surface area contributed by atoms with E-state index in [2.05, 4.69) is 18.8 Å². The predicted octanol–water partition coefficient (Wildman–Crippen LogP) is 3.79. The van der Waals surface area contributed by atoms with Gasteiger partial charge in [-0.25, -0.2) is 0 Å². The maximum atomic E-state index is 12.4. The van der Waals surface area contributed by atoms with Crippen LogP contribution in [0.25, 0.3) is 0 Å². The number of ketones is 1. The molecule has 0 radical (unpaired) electrons. The third-order valence-corrected chi connectivity index (χ3v) is 4.01. The van der Waals surface area contributed by atoms with E-state index in [1.165, 1.54) is 0 Å². The van der Waals surface area contributed by atoms with Crippen LogP contribution in [0.4, 0.5) is 0 Å². The monoisotopic (exact) mass is 231 g/mol. The van der Waals surface area contributed by atoms with E-state index >= 15 is 0 Å². The van der Waals surface area contributed by atoms with E-state index in [4.69, 9.17) is 0 Å². The van der Waals surface area contributed by atoms with Gasteiger partial charge in [-0.1, -0.05) is 13.8 Å². The Labute approximate surface area is 103 Å². The van der Waals surface area contributed by atoms with Gasteiger partial charge in [0.05, 0.1) is 0 Å². The minimum atomic E-state index is 0.214. The summed E-state index contributed by atoms with van der Waals surface area (Å²) in [5.41, 5.74) is 2.29. The van der Waals surface area contributed by atoms with Crippen molar-refractivity contribution in [3.8, 4) is 0 Å². The molecule has 2 rings (SSSR count). The molecule has 0 unspecified atom stereocenters. The van der Waals surface area contributed by atoms with Crippen LogP contribution in [-0.4, -0.2) is 10.8 Å². The van der Waals surface area contributed by atoms with Crippen LogP contribution in [0.2, 0.25) is 0 Å². The normalized spacial score (nSPS) is 20.2. The van der Waals surface area contributed by atoms with Gasteiger partial charge in [-0.3, -0.25) is 9.78 Å². The Kier molecular flexibility index (Phi) is 3.32. The Morgan fingerprint density at radius 1 is 1.35 bits per heavy atom. The van der Waals surface area contributed by atoms with Crippen molar-refractivity contribution in [1.82, 2.24) is 4.98 Å². The number of rotatable bonds is 2. The summed E-state index contributed by atoms with van der Waals surface area (Å²) in [4.78, 5) is 16.5. The summed E-state index contributed by atoms with van der Waals surface area (Å²) in [6.07, 6.45) is 7.83. The van der Waals surface area contributed by atoms with Crippen LogP contribution in [0, 0.1) is 18.3 Å². The first-order valence-electron chi connectivity index (χ1n) is 6.44. The molecular weight excluding hydrogens is 210 g/mol. The minimum absolute atomic E-state index is 0.214. The van der Waals surface area contributed by atoms with Crippen LogP contribution in [-0.2, 0) is 0 Å². The lowest BCUT2D eigenvalue weighted by Gasteiger charge is -2.33. The molecule has 1 saturated carbocycles. The molecule has 0 saturated heterocycles. The van der Waals surface area contributed by atoms with Gasteiger partial charge in [0, 0.05) is 23.9 Å². The molecule has 0 atom stereocenters. The molecule has 17 heavy (non-hydrogen) atoms. The summed E-state index contributed by atoms with van der Waals surface area (Å²) in [7, 11) is 0. The maximum Gasteiger partial charge on any atom is 0.167 e. The zero-order valence-electron chi connectivity index (χ0n) is 11.0. The fourth-order valence-corrected chi connectivity index (χ4v) is 2.60. The lowest BCUT2D eigenvalue weighted by Crippen LogP contribution is -2.26. The fourth-order valence-electron chi connectivity index (χ4n) is 2.60. The van der Waals surface area contributed by atoms with Gasteiger partial charge < -0.3 is 0 Å². The van der Waals surface area contributed by atoms with Crippen molar-refractivity contribution in [1.29, 1.82) is 0 Å². The second kappa shape index (κ2) is 4.59. The number of carbonyl (C=O) groups excluding carboxylic acids is 1. The van der Waals surface area contributed by atoms with Crippen LogP contribution >= 0.6 is 0 Å². The van der Waals surface area contributed by atoms with Gasteiger partial charge in [0.15, 0.2) is 5.78 Å². The summed E-state index contributed by atoms with van der Waals surface area (Å²) in [5, 5.41) is 0. The van der Waals surface area contributed by atoms with E-state index in [-0.39, 0.29) is 5.92 Å². The number of aryl methyl sites for hydroxylation is 1. The highest BCUT2D eigenvalue weighted by molar-refractivity contribution is 5.98. The standard InChI is InChI=1S/C15H21NO/c1-11-6-9-16-10-13(11)14(17)12-4-7-15(2,3)8-5-12/h6,9-10,12H,4-5,7-8H2,1-3H3. The van der Waals surface area contributed by atoms with Crippen molar-refractivity contribution in [3.05, 3.63) is 29.6 Å². The largest absolute Gasteiger partial charge is 0.294 e. The Bertz CT molecular complexity index is 413. The Hall–Kier alpha value is -1.18. The summed E-state index contributed by atoms with van der Waals surface area (Å²) in [6.45, 7) is 6.58. The molecule has 1 aromatic heterocycles. The summed E-state index contributed by atoms with van der Waals surface area (Å²) < 4.78 is 0. The second-order valence-electron chi connectivity index (χ2n) is 5.99. The highest BCUT2D eigenvalue weighted by Crippen LogP contribution is 2.39. The molecule has 0 N–H and O–H groups in total. The summed E-state index contributed by atoms with van der Waals surface area (Å²) >= 11 is 0. The lowest BCUT2D eigenvalue weighted by molar-refractivity contribution is 0.0837. The molecule has 0 aliphatic heterocycles. The third-order valence-electron chi connectivity index (χ3n) is 4.01. The molecule has 0 aromatic carbocycles. The van der Waals surface area contributed by atoms with Gasteiger partial charge >= 0.3 is 0 Å². The van der Waals surface area contributed by atoms with Crippen molar-refractivity contribution >= 4 is 5.78 Å². The van der Waals surface area contributed by atoms with Crippen LogP contribution in [0.5, 0.6) is 0 Å². The number of hydrogen-bond acceptors (Lipinski definition) is 2. The van der Waals surface area contributed by atoms with Gasteiger partial charge in [-0.2, -0.15) is 0 Å². The SMILES string of the molecule is Cc1ccncc1C(=O)C1CCC(C)(C)CC1. The maximum absolute atomic E-state index is 12.4. The van der Waals surface area contributed by atoms with Crippen LogP contribution in [0.15, 0.2) is 18.5 Å². The molecule has 2 nitrogen and oxygen atoms in total. The molecule has 1 heterocycles. The lowest BCUT2D eigenvalue weighted by atomic mass is 9.71. The van der Waals surface area contributed by atoms with E-state index in [9.17, 15) is 4.79 Å². The summed E-state index contributed by atoms with van der Waals surface area (Å²) in [6, 6.07) is 1.92. The average Bonchev–Trinajstić information content (AvgIpc) is 2.29. The van der Waals surface area contributed by atoms with E-state index in [0.717, 1.165) is 36.8 Å². The molecule has 1 aliphatic rings. The highest BCUT2D eigenvalue weighted by Gasteiger charge is 2.31. The Morgan fingerprint density at radius 3 is 2.59 bits per heavy atom. The van der Waals surface area contributed by atoms with Crippen molar-refractivity contribution in [2.24, 2.45) is 11.3 Å². The van der Waals surface area contributed by atoms with Crippen molar-refractivity contribution < 1.29 is 4.79 Å². The zero-order valence-corrected chi connectivity index (χ0v) is 11.0. The first kappa shape index (κ1) is 12.3. The van der Waals surface area contributed by atoms with Gasteiger partial charge in [0.1, 0.15) is 0 Å². The first-order chi connectivity index (χ1) is 7.99. The van der Waals surface area contributed by atoms with Gasteiger partial charge in [-0.05, 0) is 49.7 Å². The third kappa shape index (κ3) is 2.74. The van der Waals surface area contributed by atoms with Crippen molar-refractivity contribution in [2.75, 3.05) is 0 Å². The molecule has 2 heteroatoms. The first-order valence-corrected chi connectivity index (χ1v) is 6.44. The molecule has 0 spiro atoms. The smallest absolute Gasteiger partial charge is 0.167 e. The van der Waals surface area contributed by atoms with Crippen LogP contribution in [0.3, 0.4) is 0 Å². The number of Topliss-reactive ketones (excluding diaryl/α,β-unsaturated/α-hetero) is 1. The van der Waals surface area contributed by atoms with Gasteiger partial charge in [0.2, 0.25) is 0 Å². The molecule has 0 amide bonds. The van der Waals surface area contributed by atoms with Gasteiger partial charge in [-0.15, -0.1) is 0 Å². The van der Waals surface area contributed by atoms with Crippen LogP contribution < -0.4 is 0 Å². The molecule has 92 valence electrons. The van der Waals surface area contributed by atoms with Crippen molar-refractivity contribution in [3.63, 3.8) is 0 Å². The van der Waals surface area contributed by atoms with Gasteiger partial charge in [0.25, 0.3) is 0 Å². The van der Waals surface area contributed by atoms with E-state index in [0.29, 0.717) is 11.2 Å². The van der Waals surface area contributed by atoms with E-state index < -0.39 is 0 Å². The number of nitrogens with zero attached hydrogens (tertiary/aromatic N) is 1.